The first-order chi connectivity index (χ1) is 12.9. The number of halogens is 4. The molecule has 3 rings (SSSR count). The van der Waals surface area contributed by atoms with Crippen molar-refractivity contribution in [2.45, 2.75) is 12.2 Å². The van der Waals surface area contributed by atoms with Crippen molar-refractivity contribution in [1.82, 2.24) is 15.5 Å². The van der Waals surface area contributed by atoms with Gasteiger partial charge in [-0.15, -0.1) is 12.4 Å². The number of alkyl halides is 3. The van der Waals surface area contributed by atoms with Gasteiger partial charge in [-0.05, 0) is 23.3 Å². The molecule has 1 saturated heterocycles. The van der Waals surface area contributed by atoms with E-state index >= 15 is 0 Å². The van der Waals surface area contributed by atoms with Crippen molar-refractivity contribution in [3.8, 4) is 11.1 Å². The number of hydrogen-bond acceptors (Lipinski definition) is 3. The van der Waals surface area contributed by atoms with Crippen LogP contribution in [0, 0.1) is 0 Å². The van der Waals surface area contributed by atoms with Crippen molar-refractivity contribution in [1.29, 1.82) is 0 Å². The van der Waals surface area contributed by atoms with Crippen LogP contribution in [0.15, 0.2) is 54.6 Å². The van der Waals surface area contributed by atoms with E-state index in [2.05, 4.69) is 10.6 Å². The summed E-state index contributed by atoms with van der Waals surface area (Å²) >= 11 is 0. The number of hydrogen-bond donors (Lipinski definition) is 2. The first kappa shape index (κ1) is 22.2. The van der Waals surface area contributed by atoms with Crippen LogP contribution in [-0.2, 0) is 0 Å². The van der Waals surface area contributed by atoms with Crippen molar-refractivity contribution in [2.24, 2.45) is 0 Å². The number of nitrogens with one attached hydrogen (secondary N) is 2. The molecule has 0 aliphatic carbocycles. The molecule has 1 aliphatic heterocycles. The summed E-state index contributed by atoms with van der Waals surface area (Å²) in [5.41, 5.74) is 2.30. The van der Waals surface area contributed by atoms with Gasteiger partial charge in [-0.2, -0.15) is 13.2 Å². The summed E-state index contributed by atoms with van der Waals surface area (Å²) in [7, 11) is 0. The van der Waals surface area contributed by atoms with E-state index in [1.807, 2.05) is 30.3 Å². The van der Waals surface area contributed by atoms with Gasteiger partial charge >= 0.3 is 6.18 Å². The summed E-state index contributed by atoms with van der Waals surface area (Å²) in [6, 6.07) is 14.8. The predicted octanol–water partition coefficient (Wildman–Crippen LogP) is 3.34. The van der Waals surface area contributed by atoms with E-state index in [1.54, 1.807) is 24.3 Å². The first-order valence-corrected chi connectivity index (χ1v) is 8.90. The normalized spacial score (nSPS) is 16.1. The Bertz CT molecular complexity index is 748. The summed E-state index contributed by atoms with van der Waals surface area (Å²) in [5, 5.41) is 5.48. The zero-order chi connectivity index (χ0) is 19.3. The lowest BCUT2D eigenvalue weighted by Gasteiger charge is -2.35. The maximum absolute atomic E-state index is 13.4. The van der Waals surface area contributed by atoms with Crippen molar-refractivity contribution in [3.05, 3.63) is 60.2 Å². The van der Waals surface area contributed by atoms with E-state index in [-0.39, 0.29) is 12.4 Å². The minimum atomic E-state index is -4.39. The lowest BCUT2D eigenvalue weighted by molar-refractivity contribution is -0.183. The minimum Gasteiger partial charge on any atom is -0.350 e. The zero-order valence-electron chi connectivity index (χ0n) is 15.2. The highest BCUT2D eigenvalue weighted by Gasteiger charge is 2.43. The Morgan fingerprint density at radius 1 is 1.00 bits per heavy atom. The van der Waals surface area contributed by atoms with E-state index in [0.29, 0.717) is 31.7 Å². The van der Waals surface area contributed by atoms with Crippen LogP contribution >= 0.6 is 12.4 Å². The van der Waals surface area contributed by atoms with Gasteiger partial charge in [0.2, 0.25) is 0 Å². The second-order valence-electron chi connectivity index (χ2n) is 6.50. The molecule has 28 heavy (non-hydrogen) atoms. The zero-order valence-corrected chi connectivity index (χ0v) is 16.0. The van der Waals surface area contributed by atoms with Crippen molar-refractivity contribution in [2.75, 3.05) is 32.7 Å². The Morgan fingerprint density at radius 2 is 1.57 bits per heavy atom. The summed E-state index contributed by atoms with van der Waals surface area (Å²) in [4.78, 5) is 13.7. The third-order valence-corrected chi connectivity index (χ3v) is 4.68. The average molecular weight is 414 g/mol. The standard InChI is InChI=1S/C20H22F3N3O.ClH/c21-20(22,23)18(26-12-10-24-11-13-26)14-25-19(27)17-8-6-16(7-9-17)15-4-2-1-3-5-15;/h1-9,18,24H,10-14H2,(H,25,27);1H. The molecule has 1 amide bonds. The molecular weight excluding hydrogens is 391 g/mol. The number of carbonyl (C=O) groups is 1. The molecule has 2 aromatic carbocycles. The Morgan fingerprint density at radius 3 is 2.14 bits per heavy atom. The Hall–Kier alpha value is -2.09. The predicted molar refractivity (Wildman–Crippen MR) is 106 cm³/mol. The molecule has 1 aliphatic rings. The number of piperazine rings is 1. The molecule has 2 N–H and O–H groups in total. The second kappa shape index (κ2) is 9.91. The minimum absolute atomic E-state index is 0. The highest BCUT2D eigenvalue weighted by molar-refractivity contribution is 5.94. The van der Waals surface area contributed by atoms with Crippen molar-refractivity contribution >= 4 is 18.3 Å². The Kier molecular flexibility index (Phi) is 7.86. The molecule has 8 heteroatoms. The lowest BCUT2D eigenvalue weighted by Crippen LogP contribution is -2.57. The van der Waals surface area contributed by atoms with E-state index in [4.69, 9.17) is 0 Å². The average Bonchev–Trinajstić information content (AvgIpc) is 2.68. The van der Waals surface area contributed by atoms with Gasteiger partial charge in [-0.1, -0.05) is 42.5 Å². The summed E-state index contributed by atoms with van der Waals surface area (Å²) in [6.07, 6.45) is -4.39. The monoisotopic (exact) mass is 413 g/mol. The number of rotatable bonds is 5. The van der Waals surface area contributed by atoms with Gasteiger partial charge in [0.15, 0.2) is 0 Å². The second-order valence-corrected chi connectivity index (χ2v) is 6.50. The van der Waals surface area contributed by atoms with E-state index in [1.165, 1.54) is 4.90 Å². The molecular formula is C20H23ClF3N3O. The quantitative estimate of drug-likeness (QED) is 0.790. The van der Waals surface area contributed by atoms with Gasteiger partial charge in [0, 0.05) is 38.3 Å². The summed E-state index contributed by atoms with van der Waals surface area (Å²) in [6.45, 7) is 1.20. The molecule has 0 bridgehead atoms. The molecule has 0 aromatic heterocycles. The van der Waals surface area contributed by atoms with Gasteiger partial charge in [0.1, 0.15) is 6.04 Å². The SMILES string of the molecule is Cl.O=C(NCC(N1CCNCC1)C(F)(F)F)c1ccc(-c2ccccc2)cc1. The molecule has 1 unspecified atom stereocenters. The fourth-order valence-electron chi connectivity index (χ4n) is 3.18. The van der Waals surface area contributed by atoms with Crippen LogP contribution in [0.3, 0.4) is 0 Å². The molecule has 2 aromatic rings. The third kappa shape index (κ3) is 5.70. The maximum Gasteiger partial charge on any atom is 0.405 e. The van der Waals surface area contributed by atoms with Crippen LogP contribution in [0.2, 0.25) is 0 Å². The first-order valence-electron chi connectivity index (χ1n) is 8.90. The Labute approximate surface area is 168 Å². The smallest absolute Gasteiger partial charge is 0.350 e. The molecule has 0 spiro atoms. The number of benzene rings is 2. The highest BCUT2D eigenvalue weighted by atomic mass is 35.5. The highest BCUT2D eigenvalue weighted by Crippen LogP contribution is 2.25. The van der Waals surface area contributed by atoms with E-state index < -0.39 is 24.7 Å². The van der Waals surface area contributed by atoms with Gasteiger partial charge in [-0.3, -0.25) is 9.69 Å². The van der Waals surface area contributed by atoms with Crippen LogP contribution in [0.1, 0.15) is 10.4 Å². The molecule has 152 valence electrons. The van der Waals surface area contributed by atoms with Gasteiger partial charge < -0.3 is 10.6 Å². The topological polar surface area (TPSA) is 44.4 Å². The molecule has 1 fully saturated rings. The third-order valence-electron chi connectivity index (χ3n) is 4.68. The molecule has 0 saturated carbocycles. The molecule has 1 atom stereocenters. The van der Waals surface area contributed by atoms with Gasteiger partial charge in [0.25, 0.3) is 5.91 Å². The summed E-state index contributed by atoms with van der Waals surface area (Å²) in [5.74, 6) is -0.501. The summed E-state index contributed by atoms with van der Waals surface area (Å²) < 4.78 is 40.2. The van der Waals surface area contributed by atoms with Gasteiger partial charge in [0.05, 0.1) is 0 Å². The Balaban J connectivity index is 0.00000280. The molecule has 4 nitrogen and oxygen atoms in total. The number of carbonyl (C=O) groups excluding carboxylic acids is 1. The van der Waals surface area contributed by atoms with Gasteiger partial charge in [-0.25, -0.2) is 0 Å². The van der Waals surface area contributed by atoms with Crippen LogP contribution < -0.4 is 10.6 Å². The van der Waals surface area contributed by atoms with Crippen LogP contribution in [-0.4, -0.2) is 55.7 Å². The fraction of sp³-hybridized carbons (Fsp3) is 0.350. The number of nitrogens with zero attached hydrogens (tertiary/aromatic N) is 1. The maximum atomic E-state index is 13.4. The largest absolute Gasteiger partial charge is 0.405 e. The number of amides is 1. The van der Waals surface area contributed by atoms with Crippen LogP contribution in [0.25, 0.3) is 11.1 Å². The van der Waals surface area contributed by atoms with Crippen molar-refractivity contribution < 1.29 is 18.0 Å². The fourth-order valence-corrected chi connectivity index (χ4v) is 3.18. The van der Waals surface area contributed by atoms with E-state index in [0.717, 1.165) is 11.1 Å². The van der Waals surface area contributed by atoms with Crippen LogP contribution in [0.4, 0.5) is 13.2 Å². The molecule has 1 heterocycles. The van der Waals surface area contributed by atoms with E-state index in [9.17, 15) is 18.0 Å². The lowest BCUT2D eigenvalue weighted by atomic mass is 10.0. The van der Waals surface area contributed by atoms with Crippen molar-refractivity contribution in [3.63, 3.8) is 0 Å². The molecule has 0 radical (unpaired) electrons. The van der Waals surface area contributed by atoms with Crippen LogP contribution in [0.5, 0.6) is 0 Å².